The Kier molecular flexibility index (Phi) is 4.99. The maximum absolute atomic E-state index is 12.1. The van der Waals surface area contributed by atoms with E-state index in [2.05, 4.69) is 11.4 Å². The van der Waals surface area contributed by atoms with Crippen molar-refractivity contribution in [3.63, 3.8) is 0 Å². The van der Waals surface area contributed by atoms with Crippen molar-refractivity contribution in [3.05, 3.63) is 65.2 Å². The first-order chi connectivity index (χ1) is 10.0. The minimum atomic E-state index is -0.519. The number of aryl methyl sites for hydroxylation is 2. The second kappa shape index (κ2) is 6.93. The molecule has 0 aromatic heterocycles. The Morgan fingerprint density at radius 2 is 1.71 bits per heavy atom. The van der Waals surface area contributed by atoms with Crippen molar-refractivity contribution >= 4 is 5.91 Å². The largest absolute Gasteiger partial charge is 0.481 e. The van der Waals surface area contributed by atoms with Crippen LogP contribution in [0, 0.1) is 13.8 Å². The third-order valence-electron chi connectivity index (χ3n) is 3.19. The van der Waals surface area contributed by atoms with Gasteiger partial charge < -0.3 is 10.1 Å². The second-order valence-corrected chi connectivity index (χ2v) is 5.29. The minimum Gasteiger partial charge on any atom is -0.481 e. The molecule has 3 nitrogen and oxygen atoms in total. The number of ether oxygens (including phenoxy) is 1. The molecule has 0 aliphatic heterocycles. The second-order valence-electron chi connectivity index (χ2n) is 5.29. The first kappa shape index (κ1) is 15.1. The molecule has 0 aliphatic carbocycles. The molecule has 1 N–H and O–H groups in total. The summed E-state index contributed by atoms with van der Waals surface area (Å²) in [4.78, 5) is 12.1. The van der Waals surface area contributed by atoms with Crippen molar-refractivity contribution in [1.82, 2.24) is 5.32 Å². The standard InChI is InChI=1S/C18H21NO2/c1-13-9-14(2)11-17(10-13)21-15(3)18(20)19-12-16-7-5-4-6-8-16/h4-11,15H,12H2,1-3H3,(H,19,20). The van der Waals surface area contributed by atoms with Gasteiger partial charge in [-0.05, 0) is 49.6 Å². The van der Waals surface area contributed by atoms with Gasteiger partial charge in [0.1, 0.15) is 5.75 Å². The summed E-state index contributed by atoms with van der Waals surface area (Å²) in [6, 6.07) is 15.8. The summed E-state index contributed by atoms with van der Waals surface area (Å²) in [7, 11) is 0. The number of nitrogens with one attached hydrogen (secondary N) is 1. The van der Waals surface area contributed by atoms with Crippen molar-refractivity contribution in [2.45, 2.75) is 33.4 Å². The predicted molar refractivity (Wildman–Crippen MR) is 84.3 cm³/mol. The van der Waals surface area contributed by atoms with E-state index in [-0.39, 0.29) is 5.91 Å². The van der Waals surface area contributed by atoms with Crippen LogP contribution >= 0.6 is 0 Å². The highest BCUT2D eigenvalue weighted by Gasteiger charge is 2.14. The summed E-state index contributed by atoms with van der Waals surface area (Å²) in [5, 5.41) is 2.88. The zero-order valence-electron chi connectivity index (χ0n) is 12.7. The van der Waals surface area contributed by atoms with E-state index in [9.17, 15) is 4.79 Å². The van der Waals surface area contributed by atoms with E-state index in [0.29, 0.717) is 6.54 Å². The number of benzene rings is 2. The van der Waals surface area contributed by atoms with Crippen LogP contribution in [-0.4, -0.2) is 12.0 Å². The number of amides is 1. The van der Waals surface area contributed by atoms with E-state index in [4.69, 9.17) is 4.74 Å². The molecule has 2 aromatic carbocycles. The predicted octanol–water partition coefficient (Wildman–Crippen LogP) is 3.39. The first-order valence-corrected chi connectivity index (χ1v) is 7.11. The van der Waals surface area contributed by atoms with Gasteiger partial charge in [0, 0.05) is 6.54 Å². The van der Waals surface area contributed by atoms with E-state index in [1.165, 1.54) is 0 Å². The number of carbonyl (C=O) groups is 1. The van der Waals surface area contributed by atoms with Gasteiger partial charge in [-0.3, -0.25) is 4.79 Å². The van der Waals surface area contributed by atoms with Crippen molar-refractivity contribution in [1.29, 1.82) is 0 Å². The summed E-state index contributed by atoms with van der Waals surface area (Å²) in [6.07, 6.45) is -0.519. The molecule has 0 aliphatic rings. The maximum atomic E-state index is 12.1. The molecule has 110 valence electrons. The van der Waals surface area contributed by atoms with E-state index < -0.39 is 6.10 Å². The zero-order chi connectivity index (χ0) is 15.2. The third-order valence-corrected chi connectivity index (χ3v) is 3.19. The zero-order valence-corrected chi connectivity index (χ0v) is 12.7. The Morgan fingerprint density at radius 3 is 2.33 bits per heavy atom. The molecule has 0 saturated heterocycles. The fraction of sp³-hybridized carbons (Fsp3) is 0.278. The molecule has 0 bridgehead atoms. The minimum absolute atomic E-state index is 0.113. The molecule has 2 aromatic rings. The first-order valence-electron chi connectivity index (χ1n) is 7.11. The van der Waals surface area contributed by atoms with Crippen LogP contribution in [0.2, 0.25) is 0 Å². The van der Waals surface area contributed by atoms with E-state index >= 15 is 0 Å². The number of carbonyl (C=O) groups excluding carboxylic acids is 1. The highest BCUT2D eigenvalue weighted by molar-refractivity contribution is 5.80. The summed E-state index contributed by atoms with van der Waals surface area (Å²) in [5.41, 5.74) is 3.33. The Labute approximate surface area is 126 Å². The Bertz CT molecular complexity index is 588. The van der Waals surface area contributed by atoms with Gasteiger partial charge in [-0.25, -0.2) is 0 Å². The molecule has 0 fully saturated rings. The number of hydrogen-bond donors (Lipinski definition) is 1. The monoisotopic (exact) mass is 283 g/mol. The van der Waals surface area contributed by atoms with Crippen LogP contribution < -0.4 is 10.1 Å². The topological polar surface area (TPSA) is 38.3 Å². The van der Waals surface area contributed by atoms with Gasteiger partial charge >= 0.3 is 0 Å². The van der Waals surface area contributed by atoms with Crippen LogP contribution in [0.3, 0.4) is 0 Å². The normalized spacial score (nSPS) is 11.8. The highest BCUT2D eigenvalue weighted by Crippen LogP contribution is 2.17. The molecule has 1 atom stereocenters. The van der Waals surface area contributed by atoms with Gasteiger partial charge in [-0.1, -0.05) is 36.4 Å². The van der Waals surface area contributed by atoms with E-state index in [1.54, 1.807) is 6.92 Å². The molecule has 1 amide bonds. The summed E-state index contributed by atoms with van der Waals surface area (Å²) in [6.45, 7) is 6.30. The van der Waals surface area contributed by atoms with Gasteiger partial charge in [-0.2, -0.15) is 0 Å². The third kappa shape index (κ3) is 4.63. The molecule has 2 rings (SSSR count). The van der Waals surface area contributed by atoms with Crippen LogP contribution in [0.5, 0.6) is 5.75 Å². The fourth-order valence-electron chi connectivity index (χ4n) is 2.19. The van der Waals surface area contributed by atoms with Crippen LogP contribution in [0.25, 0.3) is 0 Å². The average Bonchev–Trinajstić information content (AvgIpc) is 2.44. The molecular formula is C18H21NO2. The molecule has 0 heterocycles. The lowest BCUT2D eigenvalue weighted by Crippen LogP contribution is -2.35. The van der Waals surface area contributed by atoms with Crippen molar-refractivity contribution < 1.29 is 9.53 Å². The molecular weight excluding hydrogens is 262 g/mol. The van der Waals surface area contributed by atoms with E-state index in [0.717, 1.165) is 22.4 Å². The highest BCUT2D eigenvalue weighted by atomic mass is 16.5. The van der Waals surface area contributed by atoms with Gasteiger partial charge in [0.2, 0.25) is 0 Å². The fourth-order valence-corrected chi connectivity index (χ4v) is 2.19. The summed E-state index contributed by atoms with van der Waals surface area (Å²) < 4.78 is 5.71. The maximum Gasteiger partial charge on any atom is 0.261 e. The van der Waals surface area contributed by atoms with Gasteiger partial charge in [0.25, 0.3) is 5.91 Å². The molecule has 1 unspecified atom stereocenters. The van der Waals surface area contributed by atoms with Crippen molar-refractivity contribution in [2.75, 3.05) is 0 Å². The van der Waals surface area contributed by atoms with Crippen molar-refractivity contribution in [2.24, 2.45) is 0 Å². The van der Waals surface area contributed by atoms with Crippen LogP contribution in [0.15, 0.2) is 48.5 Å². The Balaban J connectivity index is 1.90. The molecule has 0 spiro atoms. The number of rotatable bonds is 5. The van der Waals surface area contributed by atoms with Gasteiger partial charge in [0.05, 0.1) is 0 Å². The van der Waals surface area contributed by atoms with Crippen LogP contribution in [0.4, 0.5) is 0 Å². The smallest absolute Gasteiger partial charge is 0.261 e. The number of hydrogen-bond acceptors (Lipinski definition) is 2. The lowest BCUT2D eigenvalue weighted by molar-refractivity contribution is -0.127. The SMILES string of the molecule is Cc1cc(C)cc(OC(C)C(=O)NCc2ccccc2)c1. The molecule has 0 saturated carbocycles. The summed E-state index contributed by atoms with van der Waals surface area (Å²) >= 11 is 0. The van der Waals surface area contributed by atoms with Crippen LogP contribution in [0.1, 0.15) is 23.6 Å². The van der Waals surface area contributed by atoms with Crippen LogP contribution in [-0.2, 0) is 11.3 Å². The van der Waals surface area contributed by atoms with Gasteiger partial charge in [-0.15, -0.1) is 0 Å². The molecule has 21 heavy (non-hydrogen) atoms. The average molecular weight is 283 g/mol. The van der Waals surface area contributed by atoms with E-state index in [1.807, 2.05) is 56.3 Å². The quantitative estimate of drug-likeness (QED) is 0.913. The Morgan fingerprint density at radius 1 is 1.10 bits per heavy atom. The van der Waals surface area contributed by atoms with Crippen molar-refractivity contribution in [3.8, 4) is 5.75 Å². The van der Waals surface area contributed by atoms with Gasteiger partial charge in [0.15, 0.2) is 6.10 Å². The Hall–Kier alpha value is -2.29. The molecule has 0 radical (unpaired) electrons. The summed E-state index contributed by atoms with van der Waals surface area (Å²) in [5.74, 6) is 0.618. The lowest BCUT2D eigenvalue weighted by Gasteiger charge is -2.15. The molecule has 3 heteroatoms. The lowest BCUT2D eigenvalue weighted by atomic mass is 10.1.